The SMILES string of the molecule is CC/C=C\C/C=C\C/C=C\C/C=C\C/C=C\CCCCCCOCC(COC1OC(CO)C(O)C(O)C1O)OC(=O)CCCCCCC/C=C\C/C=C\C/C=C\CC. The van der Waals surface area contributed by atoms with Gasteiger partial charge in [0.25, 0.3) is 0 Å². The molecule has 330 valence electrons. The Labute approximate surface area is 352 Å². The Hall–Kier alpha value is -2.89. The van der Waals surface area contributed by atoms with Crippen LogP contribution in [-0.4, -0.2) is 89.6 Å². The summed E-state index contributed by atoms with van der Waals surface area (Å²) in [6.07, 6.45) is 47.2. The van der Waals surface area contributed by atoms with Gasteiger partial charge in [-0.1, -0.05) is 143 Å². The van der Waals surface area contributed by atoms with E-state index in [0.717, 1.165) is 122 Å². The number of hydrogen-bond donors (Lipinski definition) is 4. The second-order valence-corrected chi connectivity index (χ2v) is 14.7. The minimum Gasteiger partial charge on any atom is -0.457 e. The highest BCUT2D eigenvalue weighted by molar-refractivity contribution is 5.69. The lowest BCUT2D eigenvalue weighted by Gasteiger charge is -2.39. The molecule has 9 nitrogen and oxygen atoms in total. The number of rotatable bonds is 36. The highest BCUT2D eigenvalue weighted by Crippen LogP contribution is 2.22. The summed E-state index contributed by atoms with van der Waals surface area (Å²) in [6.45, 7) is 4.22. The van der Waals surface area contributed by atoms with Crippen molar-refractivity contribution in [2.45, 2.75) is 179 Å². The van der Waals surface area contributed by atoms with Crippen LogP contribution in [0.15, 0.2) is 97.2 Å². The van der Waals surface area contributed by atoms with Gasteiger partial charge in [-0.25, -0.2) is 0 Å². The lowest BCUT2D eigenvalue weighted by atomic mass is 9.99. The van der Waals surface area contributed by atoms with Crippen LogP contribution in [-0.2, 0) is 23.7 Å². The summed E-state index contributed by atoms with van der Waals surface area (Å²) in [6, 6.07) is 0. The molecule has 0 aromatic carbocycles. The van der Waals surface area contributed by atoms with Crippen molar-refractivity contribution in [2.24, 2.45) is 0 Å². The van der Waals surface area contributed by atoms with Crippen molar-refractivity contribution in [3.63, 3.8) is 0 Å². The van der Waals surface area contributed by atoms with Crippen LogP contribution in [0.5, 0.6) is 0 Å². The Morgan fingerprint density at radius 3 is 1.50 bits per heavy atom. The molecule has 0 spiro atoms. The summed E-state index contributed by atoms with van der Waals surface area (Å²) in [7, 11) is 0. The summed E-state index contributed by atoms with van der Waals surface area (Å²) in [5.41, 5.74) is 0. The van der Waals surface area contributed by atoms with Crippen molar-refractivity contribution in [1.29, 1.82) is 0 Å². The van der Waals surface area contributed by atoms with Gasteiger partial charge in [-0.2, -0.15) is 0 Å². The fraction of sp³-hybridized carbons (Fsp3) is 0.653. The van der Waals surface area contributed by atoms with Crippen LogP contribution in [0.2, 0.25) is 0 Å². The number of carbonyl (C=O) groups is 1. The first-order valence-corrected chi connectivity index (χ1v) is 22.3. The van der Waals surface area contributed by atoms with E-state index in [2.05, 4.69) is 111 Å². The van der Waals surface area contributed by atoms with Crippen LogP contribution in [0.4, 0.5) is 0 Å². The number of aliphatic hydroxyl groups excluding tert-OH is 4. The van der Waals surface area contributed by atoms with Crippen LogP contribution in [0.3, 0.4) is 0 Å². The molecule has 0 aliphatic carbocycles. The first-order valence-electron chi connectivity index (χ1n) is 22.3. The Morgan fingerprint density at radius 2 is 1.00 bits per heavy atom. The predicted molar refractivity (Wildman–Crippen MR) is 237 cm³/mol. The molecule has 0 saturated carbocycles. The molecule has 0 aromatic heterocycles. The van der Waals surface area contributed by atoms with Crippen LogP contribution < -0.4 is 0 Å². The van der Waals surface area contributed by atoms with Gasteiger partial charge in [-0.3, -0.25) is 4.79 Å². The monoisotopic (exact) mass is 813 g/mol. The van der Waals surface area contributed by atoms with Gasteiger partial charge in [0.05, 0.1) is 19.8 Å². The fourth-order valence-electron chi connectivity index (χ4n) is 6.06. The normalized spacial score (nSPS) is 21.2. The number of hydrogen-bond acceptors (Lipinski definition) is 9. The maximum absolute atomic E-state index is 12.8. The molecule has 0 aromatic rings. The number of carbonyl (C=O) groups excluding carboxylic acids is 1. The molecule has 58 heavy (non-hydrogen) atoms. The van der Waals surface area contributed by atoms with Gasteiger partial charge in [0, 0.05) is 13.0 Å². The Balaban J connectivity index is 2.31. The van der Waals surface area contributed by atoms with E-state index in [1.807, 2.05) is 0 Å². The molecule has 1 fully saturated rings. The first kappa shape index (κ1) is 53.1. The minimum absolute atomic E-state index is 0.114. The smallest absolute Gasteiger partial charge is 0.306 e. The molecule has 0 radical (unpaired) electrons. The Kier molecular flexibility index (Phi) is 36.2. The van der Waals surface area contributed by atoms with E-state index in [-0.39, 0.29) is 25.6 Å². The number of ether oxygens (including phenoxy) is 4. The zero-order valence-electron chi connectivity index (χ0n) is 36.0. The second-order valence-electron chi connectivity index (χ2n) is 14.7. The van der Waals surface area contributed by atoms with E-state index in [9.17, 15) is 25.2 Å². The van der Waals surface area contributed by atoms with Gasteiger partial charge in [0.15, 0.2) is 6.29 Å². The standard InChI is InChI=1S/C49H80O9/c1-3-5-7-9-11-13-15-17-19-20-21-22-23-25-27-29-31-33-35-37-39-55-41-43(42-56-49-48(54)47(53)46(52)44(40-50)58-49)57-45(51)38-36-34-32-30-28-26-24-18-16-14-12-10-8-6-4-2/h5-8,11-14,17-19,21-22,24-25,27,43-44,46-50,52-54H,3-4,9-10,15-16,20,23,26,28-42H2,1-2H3/b7-5-,8-6-,13-11-,14-12-,19-17-,22-21-,24-18-,27-25-. The topological polar surface area (TPSA) is 135 Å². The van der Waals surface area contributed by atoms with Gasteiger partial charge >= 0.3 is 5.97 Å². The van der Waals surface area contributed by atoms with Gasteiger partial charge in [-0.05, 0) is 89.9 Å². The molecule has 0 amide bonds. The molecule has 1 heterocycles. The zero-order chi connectivity index (χ0) is 42.2. The van der Waals surface area contributed by atoms with Gasteiger partial charge in [0.1, 0.15) is 30.5 Å². The number of unbranched alkanes of at least 4 members (excludes halogenated alkanes) is 9. The average Bonchev–Trinajstić information content (AvgIpc) is 3.22. The molecule has 1 rings (SSSR count). The fourth-order valence-corrected chi connectivity index (χ4v) is 6.06. The third kappa shape index (κ3) is 30.2. The van der Waals surface area contributed by atoms with Crippen molar-refractivity contribution in [3.8, 4) is 0 Å². The summed E-state index contributed by atoms with van der Waals surface area (Å²) < 4.78 is 22.8. The molecular weight excluding hydrogens is 733 g/mol. The summed E-state index contributed by atoms with van der Waals surface area (Å²) in [4.78, 5) is 12.8. The molecule has 1 saturated heterocycles. The number of aliphatic hydroxyl groups is 4. The van der Waals surface area contributed by atoms with E-state index in [0.29, 0.717) is 6.61 Å². The lowest BCUT2D eigenvalue weighted by Crippen LogP contribution is -2.59. The molecule has 6 atom stereocenters. The highest BCUT2D eigenvalue weighted by Gasteiger charge is 2.44. The average molecular weight is 813 g/mol. The summed E-state index contributed by atoms with van der Waals surface area (Å²) in [5.74, 6) is -0.345. The van der Waals surface area contributed by atoms with E-state index >= 15 is 0 Å². The van der Waals surface area contributed by atoms with Gasteiger partial charge < -0.3 is 39.4 Å². The highest BCUT2D eigenvalue weighted by atomic mass is 16.7. The van der Waals surface area contributed by atoms with Crippen LogP contribution in [0.25, 0.3) is 0 Å². The maximum Gasteiger partial charge on any atom is 0.306 e. The molecule has 0 bridgehead atoms. The van der Waals surface area contributed by atoms with Crippen LogP contribution in [0, 0.1) is 0 Å². The molecule has 4 N–H and O–H groups in total. The summed E-state index contributed by atoms with van der Waals surface area (Å²) >= 11 is 0. The Bertz CT molecular complexity index is 1200. The maximum atomic E-state index is 12.8. The molecule has 1 aliphatic rings. The Morgan fingerprint density at radius 1 is 0.552 bits per heavy atom. The quantitative estimate of drug-likeness (QED) is 0.0277. The largest absolute Gasteiger partial charge is 0.457 e. The van der Waals surface area contributed by atoms with Crippen molar-refractivity contribution in [2.75, 3.05) is 26.4 Å². The van der Waals surface area contributed by atoms with E-state index < -0.39 is 43.4 Å². The van der Waals surface area contributed by atoms with E-state index in [4.69, 9.17) is 18.9 Å². The lowest BCUT2D eigenvalue weighted by molar-refractivity contribution is -0.305. The van der Waals surface area contributed by atoms with Crippen molar-refractivity contribution in [1.82, 2.24) is 0 Å². The molecular formula is C49H80O9. The van der Waals surface area contributed by atoms with Crippen molar-refractivity contribution in [3.05, 3.63) is 97.2 Å². The van der Waals surface area contributed by atoms with Gasteiger partial charge in [-0.15, -0.1) is 0 Å². The van der Waals surface area contributed by atoms with Crippen LogP contribution in [0.1, 0.15) is 142 Å². The minimum atomic E-state index is -1.55. The van der Waals surface area contributed by atoms with Crippen molar-refractivity contribution >= 4 is 5.97 Å². The second kappa shape index (κ2) is 39.6. The molecule has 1 aliphatic heterocycles. The van der Waals surface area contributed by atoms with Crippen molar-refractivity contribution < 1.29 is 44.2 Å². The molecule has 9 heteroatoms. The number of esters is 1. The van der Waals surface area contributed by atoms with Gasteiger partial charge in [0.2, 0.25) is 0 Å². The third-order valence-corrected chi connectivity index (χ3v) is 9.50. The summed E-state index contributed by atoms with van der Waals surface area (Å²) in [5, 5.41) is 40.1. The number of allylic oxidation sites excluding steroid dienone is 16. The molecule has 6 unspecified atom stereocenters. The predicted octanol–water partition coefficient (Wildman–Crippen LogP) is 10.0. The zero-order valence-corrected chi connectivity index (χ0v) is 36.0. The third-order valence-electron chi connectivity index (χ3n) is 9.50. The first-order chi connectivity index (χ1) is 28.4. The van der Waals surface area contributed by atoms with E-state index in [1.54, 1.807) is 0 Å². The van der Waals surface area contributed by atoms with Crippen LogP contribution >= 0.6 is 0 Å². The van der Waals surface area contributed by atoms with E-state index in [1.165, 1.54) is 0 Å².